The molecule has 3 aromatic heterocycles. The number of aromatic nitrogens is 5. The zero-order valence-electron chi connectivity index (χ0n) is 16.5. The number of fused-ring (bicyclic) bond motifs is 1. The summed E-state index contributed by atoms with van der Waals surface area (Å²) < 4.78 is 3.03. The Labute approximate surface area is 193 Å². The van der Waals surface area contributed by atoms with Crippen LogP contribution >= 0.6 is 35.7 Å². The third-order valence-corrected chi connectivity index (χ3v) is 7.11. The Morgan fingerprint density at radius 1 is 1.29 bits per heavy atom. The fourth-order valence-corrected chi connectivity index (χ4v) is 5.05. The summed E-state index contributed by atoms with van der Waals surface area (Å²) in [6, 6.07) is 11.7. The van der Waals surface area contributed by atoms with Gasteiger partial charge in [-0.15, -0.1) is 28.1 Å². The second-order valence-corrected chi connectivity index (χ2v) is 9.11. The van der Waals surface area contributed by atoms with Crippen LogP contribution in [0.15, 0.2) is 66.6 Å². The lowest BCUT2D eigenvalue weighted by atomic mass is 10.3. The molecule has 3 heterocycles. The van der Waals surface area contributed by atoms with Crippen LogP contribution in [0.1, 0.15) is 21.6 Å². The number of carbonyl (C=O) groups is 1. The number of hydrogen-bond acceptors (Lipinski definition) is 8. The van der Waals surface area contributed by atoms with Crippen LogP contribution in [-0.4, -0.2) is 36.4 Å². The Balaban J connectivity index is 1.45. The Bertz CT molecular complexity index is 1160. The van der Waals surface area contributed by atoms with Crippen molar-refractivity contribution in [3.05, 3.63) is 77.8 Å². The monoisotopic (exact) mass is 468 g/mol. The third-order valence-electron chi connectivity index (χ3n) is 4.39. The predicted molar refractivity (Wildman–Crippen MR) is 127 cm³/mol. The molecule has 0 spiro atoms. The van der Waals surface area contributed by atoms with E-state index in [0.29, 0.717) is 24.1 Å². The number of nitrogens with zero attached hydrogens (tertiary/aromatic N) is 5. The summed E-state index contributed by atoms with van der Waals surface area (Å²) in [6.07, 6.45) is 5.21. The van der Waals surface area contributed by atoms with E-state index >= 15 is 0 Å². The molecule has 1 amide bonds. The van der Waals surface area contributed by atoms with Crippen molar-refractivity contribution in [1.29, 1.82) is 0 Å². The smallest absolute Gasteiger partial charge is 0.230 e. The molecule has 0 aliphatic rings. The van der Waals surface area contributed by atoms with Crippen molar-refractivity contribution in [3.63, 3.8) is 0 Å². The maximum absolute atomic E-state index is 12.3. The minimum absolute atomic E-state index is 0.0860. The second-order valence-electron chi connectivity index (χ2n) is 6.59. The van der Waals surface area contributed by atoms with Crippen LogP contribution in [0.5, 0.6) is 0 Å². The summed E-state index contributed by atoms with van der Waals surface area (Å²) in [5.74, 6) is 0.825. The van der Waals surface area contributed by atoms with E-state index in [1.807, 2.05) is 41.0 Å². The standard InChI is InChI=1S/C21H20N6OS3/c1-2-10-27-19(18(29)20-24-15-7-3-4-8-16(15)31-20)25-26-21(27)30-13-17(28)23-12-14-6-5-9-22-11-14/h2-9,11,18,29H,1,10,12-13H2,(H,23,28). The number of pyridine rings is 1. The van der Waals surface area contributed by atoms with Crippen molar-refractivity contribution in [3.8, 4) is 0 Å². The maximum Gasteiger partial charge on any atom is 0.230 e. The first-order valence-electron chi connectivity index (χ1n) is 9.51. The average molecular weight is 469 g/mol. The van der Waals surface area contributed by atoms with Gasteiger partial charge in [-0.3, -0.25) is 9.78 Å². The quantitative estimate of drug-likeness (QED) is 0.220. The van der Waals surface area contributed by atoms with Crippen molar-refractivity contribution in [2.75, 3.05) is 5.75 Å². The molecule has 10 heteroatoms. The molecular weight excluding hydrogens is 448 g/mol. The Morgan fingerprint density at radius 2 is 2.16 bits per heavy atom. The van der Waals surface area contributed by atoms with Gasteiger partial charge in [-0.05, 0) is 23.8 Å². The van der Waals surface area contributed by atoms with Crippen LogP contribution in [0, 0.1) is 0 Å². The van der Waals surface area contributed by atoms with Crippen molar-refractivity contribution in [2.24, 2.45) is 0 Å². The predicted octanol–water partition coefficient (Wildman–Crippen LogP) is 3.90. The Morgan fingerprint density at radius 3 is 2.94 bits per heavy atom. The van der Waals surface area contributed by atoms with Gasteiger partial charge in [0, 0.05) is 25.5 Å². The summed E-state index contributed by atoms with van der Waals surface area (Å²) in [4.78, 5) is 21.0. The number of thiol groups is 1. The van der Waals surface area contributed by atoms with Gasteiger partial charge in [0.15, 0.2) is 11.0 Å². The molecule has 0 saturated heterocycles. The van der Waals surface area contributed by atoms with E-state index in [4.69, 9.17) is 12.6 Å². The number of rotatable bonds is 9. The minimum Gasteiger partial charge on any atom is -0.351 e. The van der Waals surface area contributed by atoms with Crippen LogP contribution in [0.3, 0.4) is 0 Å². The average Bonchev–Trinajstić information content (AvgIpc) is 3.41. The summed E-state index contributed by atoms with van der Waals surface area (Å²) in [6.45, 7) is 4.79. The van der Waals surface area contributed by atoms with Crippen LogP contribution in [0.25, 0.3) is 10.2 Å². The van der Waals surface area contributed by atoms with Gasteiger partial charge < -0.3 is 9.88 Å². The second kappa shape index (κ2) is 10.1. The van der Waals surface area contributed by atoms with Crippen LogP contribution in [0.2, 0.25) is 0 Å². The van der Waals surface area contributed by atoms with Gasteiger partial charge in [0.2, 0.25) is 5.91 Å². The van der Waals surface area contributed by atoms with Gasteiger partial charge in [0.25, 0.3) is 0 Å². The maximum atomic E-state index is 12.3. The molecule has 1 aromatic carbocycles. The van der Waals surface area contributed by atoms with E-state index in [-0.39, 0.29) is 16.9 Å². The summed E-state index contributed by atoms with van der Waals surface area (Å²) in [5, 5.41) is 12.7. The molecule has 4 rings (SSSR count). The van der Waals surface area contributed by atoms with Gasteiger partial charge in [-0.2, -0.15) is 12.6 Å². The number of allylic oxidation sites excluding steroid dienone is 1. The zero-order chi connectivity index (χ0) is 21.6. The molecule has 7 nitrogen and oxygen atoms in total. The molecule has 0 saturated carbocycles. The van der Waals surface area contributed by atoms with E-state index in [1.54, 1.807) is 29.8 Å². The van der Waals surface area contributed by atoms with Crippen LogP contribution in [-0.2, 0) is 17.9 Å². The normalized spacial score (nSPS) is 12.0. The number of carbonyl (C=O) groups excluding carboxylic acids is 1. The lowest BCUT2D eigenvalue weighted by Crippen LogP contribution is -2.24. The van der Waals surface area contributed by atoms with E-state index < -0.39 is 0 Å². The highest BCUT2D eigenvalue weighted by Crippen LogP contribution is 2.34. The molecule has 0 bridgehead atoms. The highest BCUT2D eigenvalue weighted by molar-refractivity contribution is 7.99. The van der Waals surface area contributed by atoms with E-state index in [1.165, 1.54) is 11.8 Å². The molecule has 0 aliphatic carbocycles. The molecule has 158 valence electrons. The van der Waals surface area contributed by atoms with Gasteiger partial charge in [0.1, 0.15) is 10.3 Å². The molecule has 1 atom stereocenters. The SMILES string of the molecule is C=CCn1c(SCC(=O)NCc2cccnc2)nnc1C(S)c1nc2ccccc2s1. The fraction of sp³-hybridized carbons (Fsp3) is 0.190. The van der Waals surface area contributed by atoms with Crippen LogP contribution < -0.4 is 5.32 Å². The number of thioether (sulfide) groups is 1. The van der Waals surface area contributed by atoms with Crippen LogP contribution in [0.4, 0.5) is 0 Å². The molecule has 0 aliphatic heterocycles. The highest BCUT2D eigenvalue weighted by atomic mass is 32.2. The number of amides is 1. The molecule has 1 unspecified atom stereocenters. The molecule has 0 fully saturated rings. The summed E-state index contributed by atoms with van der Waals surface area (Å²) in [5.41, 5.74) is 1.89. The van der Waals surface area contributed by atoms with Crippen molar-refractivity contribution < 1.29 is 4.79 Å². The molecule has 4 aromatic rings. The lowest BCUT2D eigenvalue weighted by Gasteiger charge is -2.11. The first kappa shape index (κ1) is 21.5. The first-order valence-corrected chi connectivity index (χ1v) is 11.8. The first-order chi connectivity index (χ1) is 15.2. The minimum atomic E-state index is -0.321. The molecule has 0 radical (unpaired) electrons. The number of benzene rings is 1. The van der Waals surface area contributed by atoms with Crippen molar-refractivity contribution in [1.82, 2.24) is 30.0 Å². The van der Waals surface area contributed by atoms with Gasteiger partial charge >= 0.3 is 0 Å². The van der Waals surface area contributed by atoms with Crippen molar-refractivity contribution >= 4 is 51.9 Å². The van der Waals surface area contributed by atoms with E-state index in [9.17, 15) is 4.79 Å². The third kappa shape index (κ3) is 5.15. The van der Waals surface area contributed by atoms with Gasteiger partial charge in [0.05, 0.1) is 16.0 Å². The molecule has 31 heavy (non-hydrogen) atoms. The molecular formula is C21H20N6OS3. The van der Waals surface area contributed by atoms with Gasteiger partial charge in [-0.25, -0.2) is 4.98 Å². The summed E-state index contributed by atoms with van der Waals surface area (Å²) in [7, 11) is 0. The van der Waals surface area contributed by atoms with E-state index in [0.717, 1.165) is 20.8 Å². The number of hydrogen-bond donors (Lipinski definition) is 2. The van der Waals surface area contributed by atoms with E-state index in [2.05, 4.69) is 32.1 Å². The zero-order valence-corrected chi connectivity index (χ0v) is 19.0. The van der Waals surface area contributed by atoms with Gasteiger partial charge in [-0.1, -0.05) is 36.0 Å². The van der Waals surface area contributed by atoms with Crippen molar-refractivity contribution in [2.45, 2.75) is 23.5 Å². The number of thiazole rings is 1. The Kier molecular flexibility index (Phi) is 7.00. The number of nitrogens with one attached hydrogen (secondary N) is 1. The Hall–Kier alpha value is -2.69. The fourth-order valence-electron chi connectivity index (χ4n) is 2.91. The largest absolute Gasteiger partial charge is 0.351 e. The topological polar surface area (TPSA) is 85.6 Å². The lowest BCUT2D eigenvalue weighted by molar-refractivity contribution is -0.118. The summed E-state index contributed by atoms with van der Waals surface area (Å²) >= 11 is 7.69. The number of para-hydroxylation sites is 1. The molecule has 1 N–H and O–H groups in total. The highest BCUT2D eigenvalue weighted by Gasteiger charge is 2.23.